The Bertz CT molecular complexity index is 122. The van der Waals surface area contributed by atoms with Gasteiger partial charge in [0.2, 0.25) is 0 Å². The van der Waals surface area contributed by atoms with Crippen molar-refractivity contribution in [1.82, 2.24) is 0 Å². The fourth-order valence-corrected chi connectivity index (χ4v) is 2.37. The second-order valence-corrected chi connectivity index (χ2v) is 3.71. The Kier molecular flexibility index (Phi) is 1.10. The molecule has 2 rings (SSSR count). The molecule has 2 aliphatic rings. The van der Waals surface area contributed by atoms with Gasteiger partial charge in [-0.1, -0.05) is 12.8 Å². The molecule has 0 aliphatic heterocycles. The lowest BCUT2D eigenvalue weighted by molar-refractivity contribution is 0.346. The molecule has 2 atom stereocenters. The Morgan fingerprint density at radius 3 is 2.89 bits per heavy atom. The molecule has 1 heteroatoms. The first-order chi connectivity index (χ1) is 4.37. The van der Waals surface area contributed by atoms with Crippen LogP contribution in [0, 0.1) is 11.3 Å². The fourth-order valence-electron chi connectivity index (χ4n) is 2.37. The van der Waals surface area contributed by atoms with Crippen molar-refractivity contribution in [2.24, 2.45) is 17.1 Å². The second kappa shape index (κ2) is 1.72. The average molecular weight is 125 g/mol. The minimum absolute atomic E-state index is 0.665. The molecule has 2 fully saturated rings. The first-order valence-electron chi connectivity index (χ1n) is 4.07. The fraction of sp³-hybridized carbons (Fsp3) is 1.00. The van der Waals surface area contributed by atoms with Gasteiger partial charge in [-0.25, -0.2) is 0 Å². The molecule has 0 aromatic carbocycles. The lowest BCUT2D eigenvalue weighted by Gasteiger charge is -2.19. The van der Waals surface area contributed by atoms with E-state index in [2.05, 4.69) is 0 Å². The van der Waals surface area contributed by atoms with E-state index in [0.29, 0.717) is 5.41 Å². The lowest BCUT2D eigenvalue weighted by Crippen LogP contribution is -2.20. The molecule has 1 nitrogen and oxygen atoms in total. The predicted molar refractivity (Wildman–Crippen MR) is 38.1 cm³/mol. The summed E-state index contributed by atoms with van der Waals surface area (Å²) >= 11 is 0. The van der Waals surface area contributed by atoms with Crippen molar-refractivity contribution in [2.75, 3.05) is 6.54 Å². The zero-order valence-electron chi connectivity index (χ0n) is 5.90. The number of rotatable bonds is 1. The summed E-state index contributed by atoms with van der Waals surface area (Å²) in [5.74, 6) is 1.04. The predicted octanol–water partition coefficient (Wildman–Crippen LogP) is 1.53. The van der Waals surface area contributed by atoms with E-state index in [4.69, 9.17) is 5.73 Å². The van der Waals surface area contributed by atoms with Crippen LogP contribution < -0.4 is 5.73 Å². The maximum Gasteiger partial charge on any atom is -0.00178 e. The normalized spacial score (nSPS) is 48.3. The maximum absolute atomic E-state index is 5.68. The summed E-state index contributed by atoms with van der Waals surface area (Å²) in [5.41, 5.74) is 6.34. The molecule has 0 saturated heterocycles. The van der Waals surface area contributed by atoms with E-state index in [1.165, 1.54) is 32.1 Å². The Hall–Kier alpha value is -0.0400. The van der Waals surface area contributed by atoms with Gasteiger partial charge in [0.25, 0.3) is 0 Å². The Morgan fingerprint density at radius 1 is 1.44 bits per heavy atom. The third-order valence-corrected chi connectivity index (χ3v) is 3.24. The minimum Gasteiger partial charge on any atom is -0.330 e. The quantitative estimate of drug-likeness (QED) is 0.565. The van der Waals surface area contributed by atoms with Crippen LogP contribution >= 0.6 is 0 Å². The van der Waals surface area contributed by atoms with Gasteiger partial charge in [0.05, 0.1) is 0 Å². The summed E-state index contributed by atoms with van der Waals surface area (Å²) in [6, 6.07) is 0. The largest absolute Gasteiger partial charge is 0.330 e. The van der Waals surface area contributed by atoms with Crippen LogP contribution in [0.3, 0.4) is 0 Å². The Balaban J connectivity index is 2.01. The van der Waals surface area contributed by atoms with Gasteiger partial charge < -0.3 is 5.73 Å². The van der Waals surface area contributed by atoms with Gasteiger partial charge in [0, 0.05) is 0 Å². The zero-order valence-corrected chi connectivity index (χ0v) is 5.90. The molecule has 0 amide bonds. The average Bonchev–Trinajstić information content (AvgIpc) is 2.62. The van der Waals surface area contributed by atoms with Gasteiger partial charge in [-0.15, -0.1) is 0 Å². The minimum atomic E-state index is 0.665. The van der Waals surface area contributed by atoms with E-state index < -0.39 is 0 Å². The van der Waals surface area contributed by atoms with E-state index in [1.54, 1.807) is 0 Å². The van der Waals surface area contributed by atoms with E-state index in [9.17, 15) is 0 Å². The highest BCUT2D eigenvalue weighted by atomic mass is 14.7. The van der Waals surface area contributed by atoms with Crippen molar-refractivity contribution in [3.05, 3.63) is 0 Å². The summed E-state index contributed by atoms with van der Waals surface area (Å²) in [5, 5.41) is 0. The lowest BCUT2D eigenvalue weighted by atomic mass is 9.89. The molecular formula is C8H15N. The number of fused-ring (bicyclic) bond motifs is 1. The number of hydrogen-bond acceptors (Lipinski definition) is 1. The summed E-state index contributed by atoms with van der Waals surface area (Å²) in [7, 11) is 0. The third kappa shape index (κ3) is 0.710. The van der Waals surface area contributed by atoms with Crippen LogP contribution in [0.5, 0.6) is 0 Å². The van der Waals surface area contributed by atoms with Gasteiger partial charge in [-0.3, -0.25) is 0 Å². The van der Waals surface area contributed by atoms with Crippen molar-refractivity contribution in [3.63, 3.8) is 0 Å². The van der Waals surface area contributed by atoms with Crippen molar-refractivity contribution in [2.45, 2.75) is 32.1 Å². The molecule has 52 valence electrons. The van der Waals surface area contributed by atoms with Crippen molar-refractivity contribution >= 4 is 0 Å². The summed E-state index contributed by atoms with van der Waals surface area (Å²) in [6.07, 6.45) is 7.25. The third-order valence-electron chi connectivity index (χ3n) is 3.24. The van der Waals surface area contributed by atoms with Gasteiger partial charge in [-0.2, -0.15) is 0 Å². The molecule has 0 bridgehead atoms. The van der Waals surface area contributed by atoms with Crippen LogP contribution in [0.1, 0.15) is 32.1 Å². The Morgan fingerprint density at radius 2 is 2.33 bits per heavy atom. The summed E-state index contributed by atoms with van der Waals surface area (Å²) in [6.45, 7) is 0.956. The molecule has 9 heavy (non-hydrogen) atoms. The monoisotopic (exact) mass is 125 g/mol. The number of nitrogens with two attached hydrogens (primary N) is 1. The molecule has 0 unspecified atom stereocenters. The molecule has 2 aliphatic carbocycles. The van der Waals surface area contributed by atoms with Crippen LogP contribution in [0.2, 0.25) is 0 Å². The van der Waals surface area contributed by atoms with Gasteiger partial charge in [0.15, 0.2) is 0 Å². The van der Waals surface area contributed by atoms with Crippen LogP contribution in [-0.2, 0) is 0 Å². The summed E-state index contributed by atoms with van der Waals surface area (Å²) in [4.78, 5) is 0. The molecule has 2 N–H and O–H groups in total. The van der Waals surface area contributed by atoms with Crippen molar-refractivity contribution in [3.8, 4) is 0 Å². The maximum atomic E-state index is 5.68. The van der Waals surface area contributed by atoms with Crippen LogP contribution in [0.25, 0.3) is 0 Å². The molecule has 0 radical (unpaired) electrons. The van der Waals surface area contributed by atoms with Crippen molar-refractivity contribution in [1.29, 1.82) is 0 Å². The van der Waals surface area contributed by atoms with E-state index >= 15 is 0 Å². The highest BCUT2D eigenvalue weighted by molar-refractivity contribution is 5.04. The second-order valence-electron chi connectivity index (χ2n) is 3.71. The van der Waals surface area contributed by atoms with E-state index in [0.717, 1.165) is 12.5 Å². The molecule has 0 spiro atoms. The SMILES string of the molecule is NC[C@]12CCCC[C@@H]1C2. The molecule has 0 aromatic rings. The van der Waals surface area contributed by atoms with Crippen molar-refractivity contribution < 1.29 is 0 Å². The standard InChI is InChI=1S/C8H15N/c9-6-8-4-2-1-3-7(8)5-8/h7H,1-6,9H2/t7-,8-/m1/s1. The molecular weight excluding hydrogens is 110 g/mol. The molecule has 0 aromatic heterocycles. The number of hydrogen-bond donors (Lipinski definition) is 1. The first-order valence-corrected chi connectivity index (χ1v) is 4.07. The van der Waals surface area contributed by atoms with Crippen LogP contribution in [0.4, 0.5) is 0 Å². The molecule has 0 heterocycles. The first kappa shape index (κ1) is 5.72. The van der Waals surface area contributed by atoms with E-state index in [-0.39, 0.29) is 0 Å². The molecule has 2 saturated carbocycles. The topological polar surface area (TPSA) is 26.0 Å². The smallest absolute Gasteiger partial charge is 0.00178 e. The highest BCUT2D eigenvalue weighted by Crippen LogP contribution is 2.60. The van der Waals surface area contributed by atoms with Gasteiger partial charge in [0.1, 0.15) is 0 Å². The Labute approximate surface area is 56.6 Å². The van der Waals surface area contributed by atoms with Crippen LogP contribution in [-0.4, -0.2) is 6.54 Å². The summed E-state index contributed by atoms with van der Waals surface area (Å²) < 4.78 is 0. The zero-order chi connectivity index (χ0) is 6.32. The highest BCUT2D eigenvalue weighted by Gasteiger charge is 2.53. The van der Waals surface area contributed by atoms with Crippen LogP contribution in [0.15, 0.2) is 0 Å². The van der Waals surface area contributed by atoms with Gasteiger partial charge in [-0.05, 0) is 37.1 Å². The van der Waals surface area contributed by atoms with E-state index in [1.807, 2.05) is 0 Å². The van der Waals surface area contributed by atoms with Gasteiger partial charge >= 0.3 is 0 Å².